The second-order valence-corrected chi connectivity index (χ2v) is 20.3. The molecule has 2 aliphatic heterocycles. The lowest BCUT2D eigenvalue weighted by atomic mass is 10.0. The van der Waals surface area contributed by atoms with Crippen molar-refractivity contribution in [1.29, 1.82) is 0 Å². The third kappa shape index (κ3) is 9.41. The number of halogens is 4. The molecule has 2 aliphatic carbocycles. The van der Waals surface area contributed by atoms with Gasteiger partial charge in [0.15, 0.2) is 0 Å². The molecule has 4 aliphatic rings. The number of thiazole rings is 1. The zero-order chi connectivity index (χ0) is 45.7. The molecule has 8 rings (SSSR count). The highest BCUT2D eigenvalue weighted by Crippen LogP contribution is 2.46. The van der Waals surface area contributed by atoms with Gasteiger partial charge in [-0.1, -0.05) is 38.8 Å². The number of rotatable bonds is 10. The molecule has 5 atom stereocenters. The Kier molecular flexibility index (Phi) is 12.4. The highest BCUT2D eigenvalue weighted by atomic mass is 32.2. The molecule has 19 heteroatoms. The summed E-state index contributed by atoms with van der Waals surface area (Å²) < 4.78 is 96.6. The first-order valence-electron chi connectivity index (χ1n) is 21.5. The molecule has 3 amide bonds. The highest BCUT2D eigenvalue weighted by molar-refractivity contribution is 7.91. The third-order valence-corrected chi connectivity index (χ3v) is 15.1. The van der Waals surface area contributed by atoms with Crippen LogP contribution in [0.15, 0.2) is 53.9 Å². The van der Waals surface area contributed by atoms with E-state index in [4.69, 9.17) is 19.4 Å². The van der Waals surface area contributed by atoms with E-state index in [9.17, 15) is 40.4 Å². The number of amides is 3. The van der Waals surface area contributed by atoms with E-state index < -0.39 is 80.2 Å². The smallest absolute Gasteiger partial charge is 0.416 e. The number of hydrogen-bond donors (Lipinski definition) is 3. The number of carbonyl (C=O) groups excluding carboxylic acids is 3. The van der Waals surface area contributed by atoms with Crippen molar-refractivity contribution in [1.82, 2.24) is 24.9 Å². The van der Waals surface area contributed by atoms with Crippen LogP contribution in [0.25, 0.3) is 21.6 Å². The molecule has 2 saturated carbocycles. The summed E-state index contributed by atoms with van der Waals surface area (Å²) in [6.07, 6.45) is 1.31. The number of aromatic nitrogens is 2. The predicted octanol–water partition coefficient (Wildman–Crippen LogP) is 7.79. The average molecular weight is 927 g/mol. The van der Waals surface area contributed by atoms with Crippen LogP contribution in [-0.4, -0.2) is 83.6 Å². The largest absolute Gasteiger partial charge is 0.496 e. The molecular weight excluding hydrogens is 877 g/mol. The van der Waals surface area contributed by atoms with Gasteiger partial charge in [-0.3, -0.25) is 19.1 Å². The Bertz CT molecular complexity index is 2620. The number of methoxy groups -OCH3 is 1. The molecule has 2 aromatic heterocycles. The van der Waals surface area contributed by atoms with Gasteiger partial charge in [-0.05, 0) is 81.7 Å². The maximum absolute atomic E-state index is 14.9. The quantitative estimate of drug-likeness (QED) is 0.106. The normalized spacial score (nSPS) is 24.9. The summed E-state index contributed by atoms with van der Waals surface area (Å²) in [4.78, 5) is 54.5. The van der Waals surface area contributed by atoms with Gasteiger partial charge in [-0.15, -0.1) is 11.3 Å². The summed E-state index contributed by atoms with van der Waals surface area (Å²) in [5.41, 5.74) is -0.395. The Labute approximate surface area is 372 Å². The van der Waals surface area contributed by atoms with Crippen molar-refractivity contribution in [3.8, 4) is 22.2 Å². The van der Waals surface area contributed by atoms with E-state index in [-0.39, 0.29) is 37.4 Å². The van der Waals surface area contributed by atoms with Gasteiger partial charge in [0.05, 0.1) is 35.7 Å². The first kappa shape index (κ1) is 45.3. The maximum Gasteiger partial charge on any atom is 0.416 e. The number of nitrogens with one attached hydrogen (secondary N) is 3. The fourth-order valence-electron chi connectivity index (χ4n) is 8.54. The van der Waals surface area contributed by atoms with Crippen LogP contribution in [0, 0.1) is 18.7 Å². The number of fused-ring (bicyclic) bond motifs is 3. The summed E-state index contributed by atoms with van der Waals surface area (Å²) in [6, 6.07) is 4.84. The Morgan fingerprint density at radius 2 is 1.83 bits per heavy atom. The number of nitrogens with zero attached hydrogens (tertiary/aromatic N) is 3. The Balaban J connectivity index is 1.17. The molecule has 4 aromatic rings. The van der Waals surface area contributed by atoms with E-state index in [2.05, 4.69) is 15.4 Å². The van der Waals surface area contributed by atoms with E-state index in [1.807, 2.05) is 32.2 Å². The van der Waals surface area contributed by atoms with Crippen LogP contribution >= 0.6 is 11.3 Å². The molecule has 342 valence electrons. The minimum absolute atomic E-state index is 0.0793. The van der Waals surface area contributed by atoms with Crippen molar-refractivity contribution in [2.45, 2.75) is 120 Å². The van der Waals surface area contributed by atoms with Gasteiger partial charge in [-0.2, -0.15) is 13.2 Å². The number of pyridine rings is 1. The van der Waals surface area contributed by atoms with Crippen molar-refractivity contribution >= 4 is 55.7 Å². The fourth-order valence-corrected chi connectivity index (χ4v) is 10.8. The lowest BCUT2D eigenvalue weighted by Crippen LogP contribution is -2.57. The maximum atomic E-state index is 14.9. The van der Waals surface area contributed by atoms with Crippen molar-refractivity contribution in [2.75, 3.05) is 19.0 Å². The molecule has 2 aromatic carbocycles. The number of sulfonamides is 1. The molecule has 13 nitrogen and oxygen atoms in total. The fraction of sp³-hybridized carbons (Fsp3) is 0.489. The second kappa shape index (κ2) is 17.6. The molecule has 3 fully saturated rings. The van der Waals surface area contributed by atoms with Gasteiger partial charge in [0.25, 0.3) is 5.91 Å². The Morgan fingerprint density at radius 3 is 2.53 bits per heavy atom. The van der Waals surface area contributed by atoms with Crippen molar-refractivity contribution in [2.24, 2.45) is 5.92 Å². The summed E-state index contributed by atoms with van der Waals surface area (Å²) in [6.45, 7) is 5.78. The van der Waals surface area contributed by atoms with E-state index in [1.54, 1.807) is 31.4 Å². The minimum Gasteiger partial charge on any atom is -0.496 e. The average Bonchev–Trinajstić information content (AvgIpc) is 4.11. The van der Waals surface area contributed by atoms with Gasteiger partial charge in [0, 0.05) is 40.4 Å². The molecule has 0 bridgehead atoms. The molecule has 64 heavy (non-hydrogen) atoms. The second-order valence-electron chi connectivity index (χ2n) is 17.4. The molecule has 0 radical (unpaired) electrons. The third-order valence-electron chi connectivity index (χ3n) is 12.4. The van der Waals surface area contributed by atoms with Crippen LogP contribution in [0.1, 0.15) is 94.4 Å². The summed E-state index contributed by atoms with van der Waals surface area (Å²) >= 11 is 1.42. The first-order valence-corrected chi connectivity index (χ1v) is 23.9. The zero-order valence-corrected chi connectivity index (χ0v) is 37.4. The number of ether oxygens (including phenoxy) is 2. The lowest BCUT2D eigenvalue weighted by Gasteiger charge is -2.30. The van der Waals surface area contributed by atoms with Crippen LogP contribution in [0.4, 0.5) is 23.2 Å². The predicted molar refractivity (Wildman–Crippen MR) is 233 cm³/mol. The number of aryl methyl sites for hydroxylation is 1. The SMILES string of the molecule is COc1ccc2c(O[C@@H]3C[C@H]4C(=O)N[C@]5(C(=O)NS(=O)(=O)C6CC6)C[C@H]5/C=C\CCCCC[C@H](Nc5cc(F)cc(C(F)(F)F)c5)C(=O)N4C3)cc(-c3nc(C(C)C)cs3)nc2c1C. The number of anilines is 1. The zero-order valence-electron chi connectivity index (χ0n) is 35.8. The number of benzene rings is 2. The number of hydrogen-bond acceptors (Lipinski definition) is 11. The monoisotopic (exact) mass is 926 g/mol. The molecule has 1 saturated heterocycles. The summed E-state index contributed by atoms with van der Waals surface area (Å²) in [5, 5.41) is 8.23. The van der Waals surface area contributed by atoms with Crippen LogP contribution < -0.4 is 24.8 Å². The van der Waals surface area contributed by atoms with E-state index in [0.717, 1.165) is 23.4 Å². The summed E-state index contributed by atoms with van der Waals surface area (Å²) in [5.74, 6) is -2.79. The van der Waals surface area contributed by atoms with Crippen LogP contribution in [0.2, 0.25) is 0 Å². The molecular formula is C45H50F4N6O7S2. The van der Waals surface area contributed by atoms with Gasteiger partial charge in [-0.25, -0.2) is 22.8 Å². The van der Waals surface area contributed by atoms with E-state index >= 15 is 0 Å². The molecule has 4 heterocycles. The van der Waals surface area contributed by atoms with Crippen molar-refractivity contribution in [3.63, 3.8) is 0 Å². The van der Waals surface area contributed by atoms with Gasteiger partial charge < -0.3 is 25.0 Å². The Hall–Kier alpha value is -5.30. The van der Waals surface area contributed by atoms with Crippen LogP contribution in [0.5, 0.6) is 11.5 Å². The number of alkyl halides is 3. The standard InChI is InChI=1S/C45H50F4N6O7S2/c1-24(2)35-23-63-41(52-35)34-20-38(32-14-15-37(61-4)25(3)39(32)51-34)62-30-19-36-40(56)53-44(43(58)54-64(59,60)31-12-13-31)21-26(44)10-8-6-5-7-9-11-33(42(57)55(36)22-30)50-29-17-27(45(47,48)49)16-28(46)18-29/h8,10,14-18,20,23-24,26,30-31,33,36,50H,5-7,9,11-13,19,21-22H2,1-4H3,(H,53,56)(H,54,58)/b10-8-/t26-,30-,33+,36+,44-/m1/s1. The van der Waals surface area contributed by atoms with Crippen molar-refractivity contribution < 1.29 is 49.8 Å². The van der Waals surface area contributed by atoms with E-state index in [1.165, 1.54) is 16.2 Å². The van der Waals surface area contributed by atoms with Gasteiger partial charge in [0.1, 0.15) is 51.7 Å². The van der Waals surface area contributed by atoms with Gasteiger partial charge in [0.2, 0.25) is 21.8 Å². The highest BCUT2D eigenvalue weighted by Gasteiger charge is 2.62. The molecule has 3 N–H and O–H groups in total. The lowest BCUT2D eigenvalue weighted by molar-refractivity contribution is -0.140. The molecule has 0 unspecified atom stereocenters. The molecule has 0 spiro atoms. The van der Waals surface area contributed by atoms with Crippen molar-refractivity contribution in [3.05, 3.63) is 76.6 Å². The van der Waals surface area contributed by atoms with E-state index in [0.29, 0.717) is 77.7 Å². The van der Waals surface area contributed by atoms with Crippen LogP contribution in [-0.2, 0) is 30.6 Å². The van der Waals surface area contributed by atoms with Gasteiger partial charge >= 0.3 is 6.18 Å². The number of allylic oxidation sites excluding steroid dienone is 1. The summed E-state index contributed by atoms with van der Waals surface area (Å²) in [7, 11) is -2.43. The Morgan fingerprint density at radius 1 is 1.05 bits per heavy atom. The first-order chi connectivity index (χ1) is 30.4. The topological polar surface area (TPSA) is 169 Å². The van der Waals surface area contributed by atoms with Crippen LogP contribution in [0.3, 0.4) is 0 Å². The number of carbonyl (C=O) groups is 3. The minimum atomic E-state index is -4.86.